The molecule has 4 heterocycles. The van der Waals surface area contributed by atoms with Gasteiger partial charge in [0, 0.05) is 24.8 Å². The highest BCUT2D eigenvalue weighted by atomic mass is 31.2. The summed E-state index contributed by atoms with van der Waals surface area (Å²) in [6, 6.07) is 23.3. The molecule has 2 N–H and O–H groups in total. The van der Waals surface area contributed by atoms with Crippen molar-refractivity contribution in [1.29, 1.82) is 0 Å². The number of ether oxygens (including phenoxy) is 1. The summed E-state index contributed by atoms with van der Waals surface area (Å²) in [6.07, 6.45) is -2.12. The first-order chi connectivity index (χ1) is 19.4. The van der Waals surface area contributed by atoms with Gasteiger partial charge in [-0.05, 0) is 18.9 Å². The Morgan fingerprint density at radius 3 is 2.38 bits per heavy atom. The van der Waals surface area contributed by atoms with Crippen LogP contribution in [0.5, 0.6) is 0 Å². The van der Waals surface area contributed by atoms with Gasteiger partial charge in [-0.1, -0.05) is 77.6 Å². The van der Waals surface area contributed by atoms with Gasteiger partial charge in [-0.3, -0.25) is 14.3 Å². The molecule has 7 atom stereocenters. The van der Waals surface area contributed by atoms with Gasteiger partial charge in [-0.2, -0.15) is 0 Å². The van der Waals surface area contributed by atoms with Crippen LogP contribution < -0.4 is 21.6 Å². The number of alkyl halides is 1. The maximum Gasteiger partial charge on any atom is 0.330 e. The van der Waals surface area contributed by atoms with Crippen molar-refractivity contribution in [1.82, 2.24) is 14.2 Å². The van der Waals surface area contributed by atoms with Crippen molar-refractivity contribution in [3.05, 3.63) is 93.8 Å². The molecule has 3 saturated heterocycles. The Bertz CT molecular complexity index is 1390. The monoisotopic (exact) mass is 585 g/mol. The molecule has 0 spiro atoms. The third kappa shape index (κ3) is 5.05. The van der Waals surface area contributed by atoms with Gasteiger partial charge in [-0.25, -0.2) is 13.9 Å². The average Bonchev–Trinajstić information content (AvgIpc) is 3.66. The second-order valence-corrected chi connectivity index (χ2v) is 16.4. The number of aliphatic hydroxyl groups is 1. The maximum absolute atomic E-state index is 15.8. The van der Waals surface area contributed by atoms with Crippen LogP contribution in [-0.2, 0) is 13.8 Å². The van der Waals surface area contributed by atoms with Crippen molar-refractivity contribution >= 4 is 27.0 Å². The number of nitrogens with zero attached hydrogens (tertiary/aromatic N) is 2. The molecule has 0 aliphatic carbocycles. The Morgan fingerprint density at radius 1 is 1.07 bits per heavy atom. The predicted octanol–water partition coefficient (Wildman–Crippen LogP) is 2.13. The van der Waals surface area contributed by atoms with E-state index in [1.54, 1.807) is 0 Å². The van der Waals surface area contributed by atoms with Crippen LogP contribution in [0.1, 0.15) is 19.1 Å². The zero-order valence-corrected chi connectivity index (χ0v) is 24.0. The summed E-state index contributed by atoms with van der Waals surface area (Å²) in [7, 11) is -3.81. The van der Waals surface area contributed by atoms with E-state index in [2.05, 4.69) is 64.7 Å². The molecule has 6 rings (SSSR count). The minimum atomic E-state index is -2.20. The molecule has 0 bridgehead atoms. The number of rotatable bonds is 8. The fraction of sp³-hybridized carbons (Fsp3) is 0.429. The van der Waals surface area contributed by atoms with Crippen molar-refractivity contribution in [3.63, 3.8) is 0 Å². The Labute approximate surface area is 233 Å². The molecule has 0 amide bonds. The maximum atomic E-state index is 15.8. The van der Waals surface area contributed by atoms with E-state index in [-0.39, 0.29) is 12.1 Å². The van der Waals surface area contributed by atoms with E-state index in [1.165, 1.54) is 16.6 Å². The fourth-order valence-electron chi connectivity index (χ4n) is 6.20. The minimum absolute atomic E-state index is 0.0868. The lowest BCUT2D eigenvalue weighted by Crippen LogP contribution is -2.58. The second kappa shape index (κ2) is 11.4. The largest absolute Gasteiger partial charge is 0.394 e. The van der Waals surface area contributed by atoms with E-state index < -0.39 is 59.1 Å². The molecular weight excluding hydrogens is 552 g/mol. The number of H-pyrrole nitrogens is 1. The number of hydrogen-bond acceptors (Lipinski definition) is 7. The molecule has 12 heteroatoms. The number of aliphatic hydroxyl groups excluding tert-OH is 1. The number of fused-ring (bicyclic) bond motifs is 1. The molecule has 3 aliphatic heterocycles. The van der Waals surface area contributed by atoms with E-state index in [9.17, 15) is 14.7 Å². The summed E-state index contributed by atoms with van der Waals surface area (Å²) in [5.41, 5.74) is -1.37. The van der Waals surface area contributed by atoms with Crippen LogP contribution in [0.25, 0.3) is 0 Å². The van der Waals surface area contributed by atoms with Gasteiger partial charge in [0.1, 0.15) is 20.3 Å². The summed E-state index contributed by atoms with van der Waals surface area (Å²) in [5.74, 6) is 0. The molecular formula is C28H33FN3O6PSi. The average molecular weight is 586 g/mol. The number of aromatic nitrogens is 2. The first-order valence-electron chi connectivity index (χ1n) is 13.6. The fourth-order valence-corrected chi connectivity index (χ4v) is 12.2. The van der Waals surface area contributed by atoms with E-state index >= 15 is 4.39 Å². The molecule has 9 nitrogen and oxygen atoms in total. The first-order valence-corrected chi connectivity index (χ1v) is 17.5. The van der Waals surface area contributed by atoms with Gasteiger partial charge >= 0.3 is 5.69 Å². The highest BCUT2D eigenvalue weighted by Gasteiger charge is 2.54. The Balaban J connectivity index is 1.24. The standard InChI is InChI=1S/C28H33FN3O6PSi/c1-40(19-9-4-2-5-10-19,20-11-6-3-7-12-20)18-23-21-13-8-15-32(21)39(37-23)38-26-22(17-33)36-27(25(26)29)31-16-14-24(34)30-28(31)35/h2-7,9-12,14,16,21-23,25-27,33H,8,13,15,17-18H2,1H3,(H,30,34,35)/t21-,22-,23+,25+,26?,27-,39+/m1/s1. The molecule has 3 aromatic rings. The van der Waals surface area contributed by atoms with Gasteiger partial charge < -0.3 is 18.9 Å². The molecule has 0 saturated carbocycles. The molecule has 1 aromatic heterocycles. The molecule has 2 aromatic carbocycles. The number of nitrogens with one attached hydrogen (secondary N) is 1. The molecule has 40 heavy (non-hydrogen) atoms. The molecule has 0 radical (unpaired) electrons. The van der Waals surface area contributed by atoms with Crippen LogP contribution in [0, 0.1) is 0 Å². The lowest BCUT2D eigenvalue weighted by molar-refractivity contribution is -0.0473. The van der Waals surface area contributed by atoms with Crippen LogP contribution in [0.2, 0.25) is 12.6 Å². The molecule has 1 unspecified atom stereocenters. The highest BCUT2D eigenvalue weighted by molar-refractivity contribution is 7.45. The molecule has 212 valence electrons. The van der Waals surface area contributed by atoms with Crippen LogP contribution in [0.4, 0.5) is 4.39 Å². The minimum Gasteiger partial charge on any atom is -0.394 e. The Kier molecular flexibility index (Phi) is 7.89. The van der Waals surface area contributed by atoms with Crippen LogP contribution >= 0.6 is 8.53 Å². The van der Waals surface area contributed by atoms with Crippen molar-refractivity contribution < 1.29 is 23.3 Å². The van der Waals surface area contributed by atoms with Crippen molar-refractivity contribution in [3.8, 4) is 0 Å². The lowest BCUT2D eigenvalue weighted by atomic mass is 10.1. The van der Waals surface area contributed by atoms with E-state index in [1.807, 2.05) is 12.1 Å². The third-order valence-electron chi connectivity index (χ3n) is 8.35. The van der Waals surface area contributed by atoms with Gasteiger partial charge in [0.2, 0.25) is 0 Å². The van der Waals surface area contributed by atoms with Gasteiger partial charge in [0.25, 0.3) is 14.1 Å². The summed E-state index contributed by atoms with van der Waals surface area (Å²) in [4.78, 5) is 25.9. The van der Waals surface area contributed by atoms with Crippen molar-refractivity contribution in [2.24, 2.45) is 0 Å². The number of halogens is 1. The number of benzene rings is 2. The van der Waals surface area contributed by atoms with E-state index in [0.717, 1.165) is 36.1 Å². The Hall–Kier alpha value is -2.50. The zero-order chi connectivity index (χ0) is 27.9. The van der Waals surface area contributed by atoms with Crippen LogP contribution in [0.15, 0.2) is 82.5 Å². The number of aromatic amines is 1. The highest BCUT2D eigenvalue weighted by Crippen LogP contribution is 2.59. The van der Waals surface area contributed by atoms with E-state index in [4.69, 9.17) is 13.8 Å². The SMILES string of the molecule is C[Si](C[C@@H]1O[P@@](OC2[C@@H](CO)O[C@@H](n3ccc(=O)[nH]c3=O)[C@H]2F)N2CCC[C@H]12)(c1ccccc1)c1ccccc1. The van der Waals surface area contributed by atoms with Gasteiger partial charge in [0.05, 0.1) is 12.7 Å². The topological polar surface area (TPSA) is 106 Å². The van der Waals surface area contributed by atoms with Gasteiger partial charge in [-0.15, -0.1) is 0 Å². The lowest BCUT2D eigenvalue weighted by Gasteiger charge is -2.32. The zero-order valence-electron chi connectivity index (χ0n) is 22.1. The van der Waals surface area contributed by atoms with E-state index in [0.29, 0.717) is 0 Å². The summed E-state index contributed by atoms with van der Waals surface area (Å²) >= 11 is 0. The normalized spacial score (nSPS) is 30.5. The quantitative estimate of drug-likeness (QED) is 0.308. The number of hydrogen-bond donors (Lipinski definition) is 2. The van der Waals surface area contributed by atoms with Crippen LogP contribution in [-0.4, -0.2) is 71.1 Å². The second-order valence-electron chi connectivity index (χ2n) is 10.8. The predicted molar refractivity (Wildman–Crippen MR) is 152 cm³/mol. The molecule has 3 aliphatic rings. The van der Waals surface area contributed by atoms with Crippen molar-refractivity contribution in [2.45, 2.75) is 62.2 Å². The first kappa shape index (κ1) is 27.7. The van der Waals surface area contributed by atoms with Crippen LogP contribution in [0.3, 0.4) is 0 Å². The summed E-state index contributed by atoms with van der Waals surface area (Å²) in [6.45, 7) is 2.68. The van der Waals surface area contributed by atoms with Gasteiger partial charge in [0.15, 0.2) is 12.4 Å². The van der Waals surface area contributed by atoms with Crippen molar-refractivity contribution in [2.75, 3.05) is 13.2 Å². The smallest absolute Gasteiger partial charge is 0.330 e. The third-order valence-corrected chi connectivity index (χ3v) is 14.6. The molecule has 3 fully saturated rings. The summed E-state index contributed by atoms with van der Waals surface area (Å²) < 4.78 is 37.7. The Morgan fingerprint density at radius 2 is 1.75 bits per heavy atom. The summed E-state index contributed by atoms with van der Waals surface area (Å²) in [5, 5.41) is 12.6.